The summed E-state index contributed by atoms with van der Waals surface area (Å²) in [4.78, 5) is 0. The lowest BCUT2D eigenvalue weighted by atomic mass is 10.1. The molecular weight excluding hydrogens is 318 g/mol. The smallest absolute Gasteiger partial charge is 0.142 e. The first-order valence-electron chi connectivity index (χ1n) is 9.45. The SMILES string of the molecule is c1ccc(CCCNc2ccccc2OCCCc2ccccc2)cc1. The highest BCUT2D eigenvalue weighted by molar-refractivity contribution is 5.56. The van der Waals surface area contributed by atoms with E-state index in [1.807, 2.05) is 12.1 Å². The van der Waals surface area contributed by atoms with Crippen LogP contribution in [0.1, 0.15) is 24.0 Å². The van der Waals surface area contributed by atoms with E-state index in [0.717, 1.165) is 50.3 Å². The number of ether oxygens (including phenoxy) is 1. The zero-order valence-corrected chi connectivity index (χ0v) is 15.2. The van der Waals surface area contributed by atoms with E-state index in [4.69, 9.17) is 4.74 Å². The molecule has 134 valence electrons. The van der Waals surface area contributed by atoms with Crippen LogP contribution in [0.25, 0.3) is 0 Å². The standard InChI is InChI=1S/C24H27NO/c1-3-11-21(12-4-1)15-9-19-25-23-17-7-8-18-24(23)26-20-10-16-22-13-5-2-6-14-22/h1-8,11-14,17-18,25H,9-10,15-16,19-20H2. The molecule has 0 heterocycles. The van der Waals surface area contributed by atoms with Crippen molar-refractivity contribution in [1.29, 1.82) is 0 Å². The number of anilines is 1. The van der Waals surface area contributed by atoms with Crippen LogP contribution in [0.15, 0.2) is 84.9 Å². The fourth-order valence-corrected chi connectivity index (χ4v) is 3.00. The zero-order valence-electron chi connectivity index (χ0n) is 15.2. The minimum atomic E-state index is 0.734. The average Bonchev–Trinajstić information content (AvgIpc) is 2.71. The van der Waals surface area contributed by atoms with Gasteiger partial charge in [0, 0.05) is 6.54 Å². The van der Waals surface area contributed by atoms with Crippen LogP contribution in [-0.4, -0.2) is 13.2 Å². The Morgan fingerprint density at radius 1 is 0.615 bits per heavy atom. The Morgan fingerprint density at radius 3 is 1.88 bits per heavy atom. The van der Waals surface area contributed by atoms with Gasteiger partial charge in [-0.25, -0.2) is 0 Å². The van der Waals surface area contributed by atoms with E-state index in [0.29, 0.717) is 0 Å². The Morgan fingerprint density at radius 2 is 1.19 bits per heavy atom. The van der Waals surface area contributed by atoms with Crippen LogP contribution in [0.4, 0.5) is 5.69 Å². The van der Waals surface area contributed by atoms with Gasteiger partial charge in [0.25, 0.3) is 0 Å². The second-order valence-corrected chi connectivity index (χ2v) is 6.45. The number of hydrogen-bond acceptors (Lipinski definition) is 2. The monoisotopic (exact) mass is 345 g/mol. The van der Waals surface area contributed by atoms with Crippen LogP contribution in [0.3, 0.4) is 0 Å². The molecule has 0 saturated heterocycles. The van der Waals surface area contributed by atoms with E-state index in [2.05, 4.69) is 78.1 Å². The number of benzene rings is 3. The van der Waals surface area contributed by atoms with Crippen molar-refractivity contribution in [2.45, 2.75) is 25.7 Å². The Hall–Kier alpha value is -2.74. The summed E-state index contributed by atoms with van der Waals surface area (Å²) in [5.41, 5.74) is 3.84. The van der Waals surface area contributed by atoms with Crippen molar-refractivity contribution in [2.24, 2.45) is 0 Å². The Bertz CT molecular complexity index is 689. The molecule has 3 aromatic rings. The van der Waals surface area contributed by atoms with Gasteiger partial charge < -0.3 is 10.1 Å². The molecule has 0 aliphatic rings. The highest BCUT2D eigenvalue weighted by atomic mass is 16.5. The second-order valence-electron chi connectivity index (χ2n) is 6.45. The first-order valence-corrected chi connectivity index (χ1v) is 9.45. The van der Waals surface area contributed by atoms with E-state index < -0.39 is 0 Å². The number of nitrogens with one attached hydrogen (secondary N) is 1. The number of para-hydroxylation sites is 2. The second kappa shape index (κ2) is 10.3. The van der Waals surface area contributed by atoms with Crippen molar-refractivity contribution in [3.05, 3.63) is 96.1 Å². The normalized spacial score (nSPS) is 10.5. The minimum Gasteiger partial charge on any atom is -0.491 e. The summed E-state index contributed by atoms with van der Waals surface area (Å²) in [6.07, 6.45) is 4.26. The van der Waals surface area contributed by atoms with Gasteiger partial charge in [0.05, 0.1) is 12.3 Å². The molecule has 0 radical (unpaired) electrons. The molecule has 0 aliphatic heterocycles. The van der Waals surface area contributed by atoms with Gasteiger partial charge in [-0.05, 0) is 48.9 Å². The van der Waals surface area contributed by atoms with Gasteiger partial charge in [-0.2, -0.15) is 0 Å². The number of hydrogen-bond donors (Lipinski definition) is 1. The van der Waals surface area contributed by atoms with Gasteiger partial charge in [-0.1, -0.05) is 72.8 Å². The third kappa shape index (κ3) is 5.96. The van der Waals surface area contributed by atoms with Crippen molar-refractivity contribution < 1.29 is 4.74 Å². The first-order chi connectivity index (χ1) is 12.9. The van der Waals surface area contributed by atoms with Gasteiger partial charge in [0.1, 0.15) is 5.75 Å². The van der Waals surface area contributed by atoms with Gasteiger partial charge in [-0.15, -0.1) is 0 Å². The Kier molecular flexibility index (Phi) is 7.15. The summed E-state index contributed by atoms with van der Waals surface area (Å²) in [5.74, 6) is 0.945. The molecule has 2 nitrogen and oxygen atoms in total. The van der Waals surface area contributed by atoms with E-state index in [-0.39, 0.29) is 0 Å². The lowest BCUT2D eigenvalue weighted by molar-refractivity contribution is 0.312. The summed E-state index contributed by atoms with van der Waals surface area (Å²) in [6.45, 7) is 1.68. The quantitative estimate of drug-likeness (QED) is 0.473. The van der Waals surface area contributed by atoms with Crippen LogP contribution in [0.5, 0.6) is 5.75 Å². The minimum absolute atomic E-state index is 0.734. The largest absolute Gasteiger partial charge is 0.491 e. The molecule has 0 amide bonds. The van der Waals surface area contributed by atoms with Crippen LogP contribution >= 0.6 is 0 Å². The lowest BCUT2D eigenvalue weighted by Gasteiger charge is -2.13. The van der Waals surface area contributed by atoms with Gasteiger partial charge in [0.2, 0.25) is 0 Å². The maximum Gasteiger partial charge on any atom is 0.142 e. The predicted octanol–water partition coefficient (Wildman–Crippen LogP) is 5.74. The van der Waals surface area contributed by atoms with Gasteiger partial charge >= 0.3 is 0 Å². The summed E-state index contributed by atoms with van der Waals surface area (Å²) >= 11 is 0. The van der Waals surface area contributed by atoms with E-state index in [9.17, 15) is 0 Å². The topological polar surface area (TPSA) is 21.3 Å². The molecule has 0 atom stereocenters. The molecule has 2 heteroatoms. The van der Waals surface area contributed by atoms with Crippen LogP contribution in [0.2, 0.25) is 0 Å². The third-order valence-corrected chi connectivity index (χ3v) is 4.40. The highest BCUT2D eigenvalue weighted by Crippen LogP contribution is 2.24. The fourth-order valence-electron chi connectivity index (χ4n) is 3.00. The van der Waals surface area contributed by atoms with Crippen LogP contribution in [0, 0.1) is 0 Å². The van der Waals surface area contributed by atoms with E-state index >= 15 is 0 Å². The predicted molar refractivity (Wildman–Crippen MR) is 110 cm³/mol. The van der Waals surface area contributed by atoms with Gasteiger partial charge in [0.15, 0.2) is 0 Å². The molecule has 0 saturated carbocycles. The van der Waals surface area contributed by atoms with Crippen molar-refractivity contribution in [1.82, 2.24) is 0 Å². The summed E-state index contributed by atoms with van der Waals surface area (Å²) in [7, 11) is 0. The van der Waals surface area contributed by atoms with Crippen molar-refractivity contribution in [2.75, 3.05) is 18.5 Å². The van der Waals surface area contributed by atoms with Crippen molar-refractivity contribution >= 4 is 5.69 Å². The third-order valence-electron chi connectivity index (χ3n) is 4.40. The molecule has 26 heavy (non-hydrogen) atoms. The highest BCUT2D eigenvalue weighted by Gasteiger charge is 2.02. The molecule has 0 unspecified atom stereocenters. The van der Waals surface area contributed by atoms with Crippen LogP contribution < -0.4 is 10.1 Å². The Labute approximate surface area is 156 Å². The Balaban J connectivity index is 1.41. The summed E-state index contributed by atoms with van der Waals surface area (Å²) in [6, 6.07) is 29.4. The maximum absolute atomic E-state index is 6.01. The average molecular weight is 345 g/mol. The van der Waals surface area contributed by atoms with E-state index in [1.165, 1.54) is 11.1 Å². The molecule has 3 rings (SSSR count). The number of rotatable bonds is 10. The lowest BCUT2D eigenvalue weighted by Crippen LogP contribution is -2.06. The molecule has 1 N–H and O–H groups in total. The molecule has 0 bridgehead atoms. The van der Waals surface area contributed by atoms with Crippen molar-refractivity contribution in [3.8, 4) is 5.75 Å². The maximum atomic E-state index is 6.01. The molecular formula is C24H27NO. The van der Waals surface area contributed by atoms with Crippen molar-refractivity contribution in [3.63, 3.8) is 0 Å². The molecule has 3 aromatic carbocycles. The summed E-state index contributed by atoms with van der Waals surface area (Å²) in [5, 5.41) is 3.52. The van der Waals surface area contributed by atoms with E-state index in [1.54, 1.807) is 0 Å². The number of aryl methyl sites for hydroxylation is 2. The summed E-state index contributed by atoms with van der Waals surface area (Å²) < 4.78 is 6.01. The molecule has 0 aromatic heterocycles. The fraction of sp³-hybridized carbons (Fsp3) is 0.250. The molecule has 0 aliphatic carbocycles. The zero-order chi connectivity index (χ0) is 17.9. The van der Waals surface area contributed by atoms with Gasteiger partial charge in [-0.3, -0.25) is 0 Å². The molecule has 0 fully saturated rings. The van der Waals surface area contributed by atoms with Crippen LogP contribution in [-0.2, 0) is 12.8 Å². The first kappa shape index (κ1) is 18.1. The molecule has 0 spiro atoms.